The summed E-state index contributed by atoms with van der Waals surface area (Å²) in [6.07, 6.45) is 1.16. The first-order valence-electron chi connectivity index (χ1n) is 10.3. The molecule has 2 heterocycles. The lowest BCUT2D eigenvalue weighted by Gasteiger charge is -2.38. The number of benzene rings is 2. The van der Waals surface area contributed by atoms with Crippen molar-refractivity contribution >= 4 is 11.7 Å². The standard InChI is InChI=1S/C24H23FN4O2/c1-24(2)12-17-20(18(30)13-24)21(15-9-5-7-11-19(15)31-3)29-23(26-17)27-22(28-29)14-8-4-6-10-16(14)25/h4-11,21H,12-13H2,1-3H3,(H,26,27,28). The molecular weight excluding hydrogens is 395 g/mol. The molecule has 1 N–H and O–H groups in total. The molecule has 7 heteroatoms. The average molecular weight is 418 g/mol. The van der Waals surface area contributed by atoms with Gasteiger partial charge in [0, 0.05) is 23.3 Å². The molecule has 6 nitrogen and oxygen atoms in total. The summed E-state index contributed by atoms with van der Waals surface area (Å²) in [5.74, 6) is 1.09. The van der Waals surface area contributed by atoms with E-state index in [1.54, 1.807) is 30.0 Å². The third kappa shape index (κ3) is 3.21. The quantitative estimate of drug-likeness (QED) is 0.665. The number of para-hydroxylation sites is 1. The summed E-state index contributed by atoms with van der Waals surface area (Å²) in [6, 6.07) is 13.5. The highest BCUT2D eigenvalue weighted by molar-refractivity contribution is 6.00. The SMILES string of the molecule is COc1ccccc1C1C2=C(CC(C)(C)CC2=O)Nc2nc(-c3ccccc3F)nn21. The van der Waals surface area contributed by atoms with Crippen LogP contribution >= 0.6 is 0 Å². The number of nitrogens with one attached hydrogen (secondary N) is 1. The van der Waals surface area contributed by atoms with Crippen molar-refractivity contribution in [2.75, 3.05) is 12.4 Å². The maximum absolute atomic E-state index is 14.4. The van der Waals surface area contributed by atoms with Crippen LogP contribution in [-0.4, -0.2) is 27.7 Å². The third-order valence-corrected chi connectivity index (χ3v) is 5.88. The van der Waals surface area contributed by atoms with Gasteiger partial charge in [-0.15, -0.1) is 5.10 Å². The van der Waals surface area contributed by atoms with Gasteiger partial charge in [0.25, 0.3) is 0 Å². The molecule has 0 fully saturated rings. The molecule has 158 valence electrons. The van der Waals surface area contributed by atoms with Crippen LogP contribution in [0.4, 0.5) is 10.3 Å². The van der Waals surface area contributed by atoms with Gasteiger partial charge in [-0.05, 0) is 30.0 Å². The van der Waals surface area contributed by atoms with Gasteiger partial charge in [0.05, 0.1) is 12.7 Å². The summed E-state index contributed by atoms with van der Waals surface area (Å²) < 4.78 is 21.7. The van der Waals surface area contributed by atoms with E-state index >= 15 is 0 Å². The summed E-state index contributed by atoms with van der Waals surface area (Å²) in [4.78, 5) is 17.9. The van der Waals surface area contributed by atoms with Crippen molar-refractivity contribution in [3.8, 4) is 17.1 Å². The van der Waals surface area contributed by atoms with Crippen LogP contribution in [0.25, 0.3) is 11.4 Å². The Morgan fingerprint density at radius 1 is 1.13 bits per heavy atom. The second kappa shape index (κ2) is 7.04. The first kappa shape index (κ1) is 19.5. The van der Waals surface area contributed by atoms with Crippen molar-refractivity contribution in [1.82, 2.24) is 14.8 Å². The molecule has 1 aliphatic carbocycles. The number of hydrogen-bond acceptors (Lipinski definition) is 5. The van der Waals surface area contributed by atoms with Gasteiger partial charge in [-0.25, -0.2) is 9.07 Å². The number of ether oxygens (including phenoxy) is 1. The van der Waals surface area contributed by atoms with Crippen molar-refractivity contribution in [2.24, 2.45) is 5.41 Å². The van der Waals surface area contributed by atoms with Gasteiger partial charge >= 0.3 is 0 Å². The fraction of sp³-hybridized carbons (Fsp3) is 0.292. The number of carbonyl (C=O) groups excluding carboxylic acids is 1. The second-order valence-corrected chi connectivity index (χ2v) is 8.79. The number of fused-ring (bicyclic) bond motifs is 1. The zero-order valence-corrected chi connectivity index (χ0v) is 17.6. The van der Waals surface area contributed by atoms with Crippen LogP contribution in [0.5, 0.6) is 5.75 Å². The minimum atomic E-state index is -0.501. The van der Waals surface area contributed by atoms with E-state index in [9.17, 15) is 9.18 Å². The van der Waals surface area contributed by atoms with Gasteiger partial charge in [0.1, 0.15) is 17.6 Å². The largest absolute Gasteiger partial charge is 0.496 e. The lowest BCUT2D eigenvalue weighted by atomic mass is 9.73. The van der Waals surface area contributed by atoms with Gasteiger partial charge in [0.2, 0.25) is 5.95 Å². The maximum atomic E-state index is 14.4. The molecule has 31 heavy (non-hydrogen) atoms. The van der Waals surface area contributed by atoms with E-state index in [1.165, 1.54) is 6.07 Å². The van der Waals surface area contributed by atoms with Crippen molar-refractivity contribution in [3.63, 3.8) is 0 Å². The molecule has 2 aromatic carbocycles. The smallest absolute Gasteiger partial charge is 0.226 e. The number of anilines is 1. The van der Waals surface area contributed by atoms with Gasteiger partial charge in [-0.1, -0.05) is 44.2 Å². The molecule has 5 rings (SSSR count). The second-order valence-electron chi connectivity index (χ2n) is 8.79. The molecular formula is C24H23FN4O2. The number of nitrogens with zero attached hydrogens (tertiary/aromatic N) is 3. The molecule has 0 spiro atoms. The zero-order chi connectivity index (χ0) is 21.8. The molecule has 1 unspecified atom stereocenters. The van der Waals surface area contributed by atoms with E-state index in [-0.39, 0.29) is 17.0 Å². The average Bonchev–Trinajstić information content (AvgIpc) is 3.15. The molecule has 2 aliphatic rings. The molecule has 0 bridgehead atoms. The fourth-order valence-electron chi connectivity index (χ4n) is 4.55. The monoisotopic (exact) mass is 418 g/mol. The van der Waals surface area contributed by atoms with Crippen molar-refractivity contribution in [3.05, 3.63) is 71.2 Å². The first-order chi connectivity index (χ1) is 14.9. The van der Waals surface area contributed by atoms with Gasteiger partial charge in [-0.2, -0.15) is 4.98 Å². The number of aromatic nitrogens is 3. The molecule has 1 atom stereocenters. The Hall–Kier alpha value is -3.48. The number of carbonyl (C=O) groups is 1. The van der Waals surface area contributed by atoms with E-state index in [2.05, 4.69) is 29.2 Å². The highest BCUT2D eigenvalue weighted by atomic mass is 19.1. The predicted octanol–water partition coefficient (Wildman–Crippen LogP) is 4.75. The van der Waals surface area contributed by atoms with Gasteiger partial charge in [0.15, 0.2) is 11.6 Å². The summed E-state index contributed by atoms with van der Waals surface area (Å²) >= 11 is 0. The Kier molecular flexibility index (Phi) is 4.43. The number of rotatable bonds is 3. The van der Waals surface area contributed by atoms with Crippen LogP contribution < -0.4 is 10.1 Å². The van der Waals surface area contributed by atoms with Crippen LogP contribution in [0, 0.1) is 11.2 Å². The number of ketones is 1. The lowest BCUT2D eigenvalue weighted by Crippen LogP contribution is -2.36. The minimum absolute atomic E-state index is 0.0725. The van der Waals surface area contributed by atoms with E-state index < -0.39 is 11.9 Å². The van der Waals surface area contributed by atoms with Crippen LogP contribution in [0.1, 0.15) is 38.3 Å². The van der Waals surface area contributed by atoms with Crippen molar-refractivity contribution in [1.29, 1.82) is 0 Å². The van der Waals surface area contributed by atoms with Crippen LogP contribution in [0.3, 0.4) is 0 Å². The highest BCUT2D eigenvalue weighted by Crippen LogP contribution is 2.47. The number of hydrogen-bond donors (Lipinski definition) is 1. The predicted molar refractivity (Wildman–Crippen MR) is 115 cm³/mol. The summed E-state index contributed by atoms with van der Waals surface area (Å²) in [5, 5.41) is 7.95. The highest BCUT2D eigenvalue weighted by Gasteiger charge is 2.42. The van der Waals surface area contributed by atoms with Crippen molar-refractivity contribution < 1.29 is 13.9 Å². The summed E-state index contributed by atoms with van der Waals surface area (Å²) in [6.45, 7) is 4.16. The Morgan fingerprint density at radius 3 is 2.65 bits per heavy atom. The van der Waals surface area contributed by atoms with E-state index in [1.807, 2.05) is 24.3 Å². The zero-order valence-electron chi connectivity index (χ0n) is 17.6. The molecule has 1 aliphatic heterocycles. The number of Topliss-reactive ketones (excluding diaryl/α,β-unsaturated/α-hetero) is 1. The number of allylic oxidation sites excluding steroid dienone is 2. The Balaban J connectivity index is 1.73. The number of halogens is 1. The Morgan fingerprint density at radius 2 is 1.87 bits per heavy atom. The molecule has 3 aromatic rings. The van der Waals surface area contributed by atoms with E-state index in [0.29, 0.717) is 35.7 Å². The minimum Gasteiger partial charge on any atom is -0.496 e. The van der Waals surface area contributed by atoms with Crippen LogP contribution in [0.2, 0.25) is 0 Å². The Labute approximate surface area is 179 Å². The molecule has 0 saturated carbocycles. The lowest BCUT2D eigenvalue weighted by molar-refractivity contribution is -0.118. The normalized spacial score (nSPS) is 19.5. The molecule has 0 amide bonds. The molecule has 0 radical (unpaired) electrons. The Bertz CT molecular complexity index is 1230. The van der Waals surface area contributed by atoms with Gasteiger partial charge in [-0.3, -0.25) is 4.79 Å². The fourth-order valence-corrected chi connectivity index (χ4v) is 4.55. The molecule has 1 aromatic heterocycles. The van der Waals surface area contributed by atoms with E-state index in [0.717, 1.165) is 11.3 Å². The topological polar surface area (TPSA) is 69.0 Å². The first-order valence-corrected chi connectivity index (χ1v) is 10.3. The molecule has 0 saturated heterocycles. The summed E-state index contributed by atoms with van der Waals surface area (Å²) in [7, 11) is 1.61. The number of methoxy groups -OCH3 is 1. The van der Waals surface area contributed by atoms with Gasteiger partial charge < -0.3 is 10.1 Å². The van der Waals surface area contributed by atoms with Crippen LogP contribution in [-0.2, 0) is 4.79 Å². The van der Waals surface area contributed by atoms with Crippen LogP contribution in [0.15, 0.2) is 59.8 Å². The van der Waals surface area contributed by atoms with E-state index in [4.69, 9.17) is 4.74 Å². The maximum Gasteiger partial charge on any atom is 0.226 e. The summed E-state index contributed by atoms with van der Waals surface area (Å²) in [5.41, 5.74) is 2.48. The third-order valence-electron chi connectivity index (χ3n) is 5.88. The van der Waals surface area contributed by atoms with Crippen molar-refractivity contribution in [2.45, 2.75) is 32.7 Å².